The third-order valence-corrected chi connectivity index (χ3v) is 2.93. The van der Waals surface area contributed by atoms with Crippen LogP contribution < -0.4 is 10.1 Å². The van der Waals surface area contributed by atoms with Gasteiger partial charge in [-0.2, -0.15) is 5.10 Å². The van der Waals surface area contributed by atoms with Gasteiger partial charge in [-0.1, -0.05) is 12.1 Å². The van der Waals surface area contributed by atoms with E-state index in [0.29, 0.717) is 19.0 Å². The van der Waals surface area contributed by atoms with Crippen molar-refractivity contribution in [2.24, 2.45) is 0 Å². The molecule has 0 saturated heterocycles. The summed E-state index contributed by atoms with van der Waals surface area (Å²) in [6.45, 7) is 3.11. The van der Waals surface area contributed by atoms with Crippen LogP contribution in [0.5, 0.6) is 5.75 Å². The fourth-order valence-corrected chi connectivity index (χ4v) is 1.98. The van der Waals surface area contributed by atoms with Crippen molar-refractivity contribution in [3.63, 3.8) is 0 Å². The second-order valence-corrected chi connectivity index (χ2v) is 4.40. The molecule has 0 fully saturated rings. The Balaban J connectivity index is 1.75. The van der Waals surface area contributed by atoms with E-state index in [9.17, 15) is 0 Å². The number of rotatable bonds is 6. The molecule has 3 aromatic rings. The van der Waals surface area contributed by atoms with Crippen LogP contribution in [-0.4, -0.2) is 21.8 Å². The minimum atomic E-state index is 0.556. The average Bonchev–Trinajstić information content (AvgIpc) is 3.18. The highest BCUT2D eigenvalue weighted by Gasteiger charge is 2.11. The van der Waals surface area contributed by atoms with Crippen LogP contribution >= 0.6 is 0 Å². The van der Waals surface area contributed by atoms with E-state index in [1.165, 1.54) is 0 Å². The number of ether oxygens (including phenoxy) is 1. The van der Waals surface area contributed by atoms with Crippen molar-refractivity contribution in [3.8, 4) is 17.2 Å². The van der Waals surface area contributed by atoms with Crippen LogP contribution in [0.15, 0.2) is 47.2 Å². The lowest BCUT2D eigenvalue weighted by Gasteiger charge is -2.06. The number of nitrogens with one attached hydrogen (secondary N) is 2. The lowest BCUT2D eigenvalue weighted by atomic mass is 10.2. The van der Waals surface area contributed by atoms with Crippen LogP contribution in [0.3, 0.4) is 0 Å². The van der Waals surface area contributed by atoms with Gasteiger partial charge in [-0.3, -0.25) is 5.10 Å². The number of benzene rings is 1. The van der Waals surface area contributed by atoms with Crippen LogP contribution in [0.2, 0.25) is 0 Å². The van der Waals surface area contributed by atoms with Crippen molar-refractivity contribution in [1.29, 1.82) is 0 Å². The number of hydrogen-bond acceptors (Lipinski definition) is 5. The summed E-state index contributed by atoms with van der Waals surface area (Å²) in [4.78, 5) is 4.48. The Hall–Kier alpha value is -2.76. The first-order chi connectivity index (χ1) is 10.4. The first-order valence-electron chi connectivity index (χ1n) is 6.76. The molecular formula is C15H16N4O2. The molecule has 0 amide bonds. The first-order valence-corrected chi connectivity index (χ1v) is 6.76. The predicted octanol–water partition coefficient (Wildman–Crippen LogP) is 3.08. The van der Waals surface area contributed by atoms with Gasteiger partial charge in [0.1, 0.15) is 17.8 Å². The van der Waals surface area contributed by atoms with Gasteiger partial charge in [0.25, 0.3) is 0 Å². The molecule has 0 aliphatic rings. The summed E-state index contributed by atoms with van der Waals surface area (Å²) < 4.78 is 11.1. The van der Waals surface area contributed by atoms with Gasteiger partial charge in [0, 0.05) is 0 Å². The number of anilines is 1. The van der Waals surface area contributed by atoms with Gasteiger partial charge in [-0.25, -0.2) is 4.98 Å². The minimum absolute atomic E-state index is 0.556. The maximum atomic E-state index is 5.59. The van der Waals surface area contributed by atoms with Gasteiger partial charge in [0.05, 0.1) is 30.6 Å². The molecule has 1 aromatic carbocycles. The van der Waals surface area contributed by atoms with Crippen molar-refractivity contribution >= 4 is 5.82 Å². The molecule has 6 heteroatoms. The van der Waals surface area contributed by atoms with Crippen molar-refractivity contribution in [3.05, 3.63) is 48.5 Å². The van der Waals surface area contributed by atoms with Crippen molar-refractivity contribution in [2.75, 3.05) is 11.9 Å². The van der Waals surface area contributed by atoms with E-state index >= 15 is 0 Å². The summed E-state index contributed by atoms with van der Waals surface area (Å²) in [6, 6.07) is 9.56. The minimum Gasteiger partial charge on any atom is -0.493 e. The van der Waals surface area contributed by atoms with Gasteiger partial charge in [0.15, 0.2) is 0 Å². The largest absolute Gasteiger partial charge is 0.493 e. The molecule has 0 radical (unpaired) electrons. The van der Waals surface area contributed by atoms with E-state index in [4.69, 9.17) is 9.15 Å². The third kappa shape index (κ3) is 3.05. The summed E-state index contributed by atoms with van der Waals surface area (Å²) >= 11 is 0. The van der Waals surface area contributed by atoms with Gasteiger partial charge in [-0.05, 0) is 25.1 Å². The van der Waals surface area contributed by atoms with E-state index in [2.05, 4.69) is 20.5 Å². The first kappa shape index (κ1) is 13.2. The molecule has 0 aliphatic heterocycles. The molecule has 0 spiro atoms. The van der Waals surface area contributed by atoms with Gasteiger partial charge in [-0.15, -0.1) is 0 Å². The summed E-state index contributed by atoms with van der Waals surface area (Å²) in [7, 11) is 0. The van der Waals surface area contributed by atoms with Gasteiger partial charge >= 0.3 is 0 Å². The summed E-state index contributed by atoms with van der Waals surface area (Å²) in [5.74, 6) is 2.17. The zero-order valence-corrected chi connectivity index (χ0v) is 11.7. The SMILES string of the molecule is CCOc1ccccc1-c1nc(CNc2ccn[nH]2)co1. The Labute approximate surface area is 122 Å². The van der Waals surface area contributed by atoms with E-state index in [1.807, 2.05) is 37.3 Å². The maximum absolute atomic E-state index is 5.59. The normalized spacial score (nSPS) is 10.5. The number of hydrogen-bond donors (Lipinski definition) is 2. The molecule has 0 unspecified atom stereocenters. The summed E-state index contributed by atoms with van der Waals surface area (Å²) in [5.41, 5.74) is 1.66. The number of H-pyrrole nitrogens is 1. The van der Waals surface area contributed by atoms with Crippen LogP contribution in [0.1, 0.15) is 12.6 Å². The molecule has 0 bridgehead atoms. The second kappa shape index (κ2) is 6.13. The summed E-state index contributed by atoms with van der Waals surface area (Å²) in [5, 5.41) is 9.88. The van der Waals surface area contributed by atoms with E-state index in [-0.39, 0.29) is 0 Å². The zero-order chi connectivity index (χ0) is 14.5. The van der Waals surface area contributed by atoms with Gasteiger partial charge in [0.2, 0.25) is 5.89 Å². The zero-order valence-electron chi connectivity index (χ0n) is 11.7. The third-order valence-electron chi connectivity index (χ3n) is 2.93. The number of aromatic nitrogens is 3. The van der Waals surface area contributed by atoms with E-state index < -0.39 is 0 Å². The molecule has 21 heavy (non-hydrogen) atoms. The Morgan fingerprint density at radius 2 is 2.19 bits per heavy atom. The Bertz CT molecular complexity index is 691. The monoisotopic (exact) mass is 284 g/mol. The number of aromatic amines is 1. The Kier molecular flexibility index (Phi) is 3.86. The van der Waals surface area contributed by atoms with Gasteiger partial charge < -0.3 is 14.5 Å². The fourth-order valence-electron chi connectivity index (χ4n) is 1.98. The Morgan fingerprint density at radius 1 is 1.29 bits per heavy atom. The molecule has 108 valence electrons. The molecule has 0 saturated carbocycles. The molecule has 2 N–H and O–H groups in total. The van der Waals surface area contributed by atoms with Crippen molar-refractivity contribution in [2.45, 2.75) is 13.5 Å². The smallest absolute Gasteiger partial charge is 0.229 e. The number of nitrogens with zero attached hydrogens (tertiary/aromatic N) is 2. The molecule has 2 heterocycles. The lowest BCUT2D eigenvalue weighted by Crippen LogP contribution is -2.00. The van der Waals surface area contributed by atoms with E-state index in [0.717, 1.165) is 22.8 Å². The maximum Gasteiger partial charge on any atom is 0.229 e. The van der Waals surface area contributed by atoms with Crippen LogP contribution in [-0.2, 0) is 6.54 Å². The molecule has 0 atom stereocenters. The Morgan fingerprint density at radius 3 is 3.00 bits per heavy atom. The highest BCUT2D eigenvalue weighted by Crippen LogP contribution is 2.29. The van der Waals surface area contributed by atoms with E-state index in [1.54, 1.807) is 12.5 Å². The molecule has 3 rings (SSSR count). The number of oxazole rings is 1. The second-order valence-electron chi connectivity index (χ2n) is 4.40. The molecule has 2 aromatic heterocycles. The molecule has 6 nitrogen and oxygen atoms in total. The average molecular weight is 284 g/mol. The fraction of sp³-hybridized carbons (Fsp3) is 0.200. The quantitative estimate of drug-likeness (QED) is 0.727. The summed E-state index contributed by atoms with van der Waals surface area (Å²) in [6.07, 6.45) is 3.33. The number of para-hydroxylation sites is 1. The van der Waals surface area contributed by atoms with Crippen molar-refractivity contribution in [1.82, 2.24) is 15.2 Å². The van der Waals surface area contributed by atoms with Crippen LogP contribution in [0.25, 0.3) is 11.5 Å². The lowest BCUT2D eigenvalue weighted by molar-refractivity contribution is 0.340. The molecule has 0 aliphatic carbocycles. The van der Waals surface area contributed by atoms with Crippen LogP contribution in [0.4, 0.5) is 5.82 Å². The van der Waals surface area contributed by atoms with Crippen molar-refractivity contribution < 1.29 is 9.15 Å². The topological polar surface area (TPSA) is 76.0 Å². The van der Waals surface area contributed by atoms with Crippen LogP contribution in [0, 0.1) is 0 Å². The highest BCUT2D eigenvalue weighted by molar-refractivity contribution is 5.62. The molecular weight excluding hydrogens is 268 g/mol. The standard InChI is InChI=1S/C15H16N4O2/c1-2-20-13-6-4-3-5-12(13)15-18-11(10-21-15)9-16-14-7-8-17-19-14/h3-8,10H,2,9H2,1H3,(H2,16,17,19). The highest BCUT2D eigenvalue weighted by atomic mass is 16.5. The predicted molar refractivity (Wildman–Crippen MR) is 79.0 cm³/mol.